The zero-order chi connectivity index (χ0) is 17.6. The van der Waals surface area contributed by atoms with Crippen molar-refractivity contribution in [2.75, 3.05) is 42.5 Å². The van der Waals surface area contributed by atoms with Gasteiger partial charge >= 0.3 is 0 Å². The molecule has 6 heteroatoms. The second-order valence-electron chi connectivity index (χ2n) is 7.68. The van der Waals surface area contributed by atoms with Gasteiger partial charge in [0.15, 0.2) is 5.82 Å². The van der Waals surface area contributed by atoms with E-state index in [4.69, 9.17) is 0 Å². The Kier molecular flexibility index (Phi) is 6.10. The van der Waals surface area contributed by atoms with E-state index < -0.39 is 0 Å². The molecule has 0 atom stereocenters. The molecule has 0 radical (unpaired) electrons. The molecule has 3 heterocycles. The molecule has 0 bridgehead atoms. The predicted molar refractivity (Wildman–Crippen MR) is 101 cm³/mol. The fraction of sp³-hybridized carbons (Fsp3) is 0.737. The van der Waals surface area contributed by atoms with Crippen LogP contribution >= 0.6 is 0 Å². The Bertz CT molecular complexity index is 563. The van der Waals surface area contributed by atoms with Crippen molar-refractivity contribution in [1.82, 2.24) is 15.3 Å². The third-order valence-corrected chi connectivity index (χ3v) is 5.22. The van der Waals surface area contributed by atoms with Crippen LogP contribution in [0.1, 0.15) is 46.0 Å². The fourth-order valence-electron chi connectivity index (χ4n) is 3.72. The smallest absolute Gasteiger partial charge is 0.223 e. The summed E-state index contributed by atoms with van der Waals surface area (Å²) in [6.45, 7) is 8.98. The van der Waals surface area contributed by atoms with E-state index in [1.165, 1.54) is 19.3 Å². The van der Waals surface area contributed by atoms with E-state index in [-0.39, 0.29) is 11.8 Å². The van der Waals surface area contributed by atoms with Gasteiger partial charge in [-0.15, -0.1) is 0 Å². The lowest BCUT2D eigenvalue weighted by atomic mass is 9.95. The molecule has 2 saturated heterocycles. The highest BCUT2D eigenvalue weighted by Crippen LogP contribution is 2.31. The topological polar surface area (TPSA) is 61.4 Å². The number of rotatable bonds is 5. The lowest BCUT2D eigenvalue weighted by Gasteiger charge is -2.36. The molecule has 1 amide bonds. The van der Waals surface area contributed by atoms with E-state index in [0.717, 1.165) is 57.1 Å². The highest BCUT2D eigenvalue weighted by atomic mass is 16.1. The molecule has 2 aliphatic heterocycles. The van der Waals surface area contributed by atoms with Crippen LogP contribution in [-0.4, -0.2) is 48.6 Å². The average Bonchev–Trinajstić information content (AvgIpc) is 2.67. The lowest BCUT2D eigenvalue weighted by molar-refractivity contribution is -0.125. The summed E-state index contributed by atoms with van der Waals surface area (Å²) in [7, 11) is 0. The minimum absolute atomic E-state index is 0.137. The number of anilines is 2. The van der Waals surface area contributed by atoms with E-state index in [1.54, 1.807) is 6.33 Å². The molecule has 0 spiro atoms. The first kappa shape index (κ1) is 18.0. The van der Waals surface area contributed by atoms with Crippen LogP contribution in [0, 0.1) is 11.8 Å². The Morgan fingerprint density at radius 2 is 1.88 bits per heavy atom. The van der Waals surface area contributed by atoms with Gasteiger partial charge in [-0.05, 0) is 38.0 Å². The normalized spacial score (nSPS) is 19.3. The van der Waals surface area contributed by atoms with Crippen molar-refractivity contribution < 1.29 is 4.79 Å². The molecular formula is C19H31N5O. The molecule has 0 unspecified atom stereocenters. The predicted octanol–water partition coefficient (Wildman–Crippen LogP) is 2.46. The molecule has 0 aliphatic carbocycles. The quantitative estimate of drug-likeness (QED) is 0.888. The van der Waals surface area contributed by atoms with Crippen LogP contribution in [0.15, 0.2) is 12.5 Å². The van der Waals surface area contributed by atoms with Gasteiger partial charge in [0, 0.05) is 38.6 Å². The van der Waals surface area contributed by atoms with E-state index in [0.29, 0.717) is 5.92 Å². The zero-order valence-corrected chi connectivity index (χ0v) is 15.6. The highest BCUT2D eigenvalue weighted by molar-refractivity contribution is 5.79. The molecule has 1 N–H and O–H groups in total. The number of amides is 1. The van der Waals surface area contributed by atoms with Gasteiger partial charge in [-0.1, -0.05) is 13.8 Å². The maximum atomic E-state index is 12.3. The standard InChI is InChI=1S/C19H31N5O/c1-15(2)12-21-19(25)16-6-10-23(11-7-16)17-13-20-14-22-18(17)24-8-4-3-5-9-24/h13-16H,3-12H2,1-2H3,(H,21,25). The van der Waals surface area contributed by atoms with Gasteiger partial charge in [-0.25, -0.2) is 9.97 Å². The first-order valence-corrected chi connectivity index (χ1v) is 9.72. The number of hydrogen-bond acceptors (Lipinski definition) is 5. The lowest BCUT2D eigenvalue weighted by Crippen LogP contribution is -2.42. The number of nitrogens with zero attached hydrogens (tertiary/aromatic N) is 4. The summed E-state index contributed by atoms with van der Waals surface area (Å²) >= 11 is 0. The third-order valence-electron chi connectivity index (χ3n) is 5.22. The number of carbonyl (C=O) groups excluding carboxylic acids is 1. The number of nitrogens with one attached hydrogen (secondary N) is 1. The first-order chi connectivity index (χ1) is 12.1. The molecule has 2 fully saturated rings. The summed E-state index contributed by atoms with van der Waals surface area (Å²) in [5.74, 6) is 1.92. The fourth-order valence-corrected chi connectivity index (χ4v) is 3.72. The molecule has 2 aliphatic rings. The van der Waals surface area contributed by atoms with Crippen LogP contribution < -0.4 is 15.1 Å². The molecule has 138 valence electrons. The Morgan fingerprint density at radius 1 is 1.16 bits per heavy atom. The van der Waals surface area contributed by atoms with E-state index in [1.807, 2.05) is 6.20 Å². The Hall–Kier alpha value is -1.85. The van der Waals surface area contributed by atoms with Crippen molar-refractivity contribution in [1.29, 1.82) is 0 Å². The van der Waals surface area contributed by atoms with Crippen molar-refractivity contribution >= 4 is 17.4 Å². The monoisotopic (exact) mass is 345 g/mol. The molecule has 6 nitrogen and oxygen atoms in total. The second kappa shape index (κ2) is 8.50. The third kappa shape index (κ3) is 4.61. The van der Waals surface area contributed by atoms with E-state index in [2.05, 4.69) is 38.9 Å². The van der Waals surface area contributed by atoms with E-state index in [9.17, 15) is 4.79 Å². The molecule has 1 aromatic heterocycles. The summed E-state index contributed by atoms with van der Waals surface area (Å²) in [5, 5.41) is 3.08. The van der Waals surface area contributed by atoms with Gasteiger partial charge in [0.05, 0.1) is 11.9 Å². The van der Waals surface area contributed by atoms with Crippen molar-refractivity contribution in [3.63, 3.8) is 0 Å². The van der Waals surface area contributed by atoms with Crippen LogP contribution in [0.4, 0.5) is 11.5 Å². The van der Waals surface area contributed by atoms with Crippen LogP contribution in [-0.2, 0) is 4.79 Å². The number of piperidine rings is 2. The minimum Gasteiger partial charge on any atom is -0.367 e. The maximum Gasteiger partial charge on any atom is 0.223 e. The van der Waals surface area contributed by atoms with Crippen LogP contribution in [0.3, 0.4) is 0 Å². The van der Waals surface area contributed by atoms with Crippen molar-refractivity contribution in [3.05, 3.63) is 12.5 Å². The molecule has 0 saturated carbocycles. The summed E-state index contributed by atoms with van der Waals surface area (Å²) in [4.78, 5) is 25.9. The van der Waals surface area contributed by atoms with E-state index >= 15 is 0 Å². The van der Waals surface area contributed by atoms with Gasteiger partial charge in [-0.2, -0.15) is 0 Å². The van der Waals surface area contributed by atoms with Gasteiger partial charge in [0.25, 0.3) is 0 Å². The number of carbonyl (C=O) groups is 1. The largest absolute Gasteiger partial charge is 0.367 e. The van der Waals surface area contributed by atoms with Crippen LogP contribution in [0.2, 0.25) is 0 Å². The summed E-state index contributed by atoms with van der Waals surface area (Å²) in [5.41, 5.74) is 1.13. The molecular weight excluding hydrogens is 314 g/mol. The zero-order valence-electron chi connectivity index (χ0n) is 15.6. The number of hydrogen-bond donors (Lipinski definition) is 1. The average molecular weight is 345 g/mol. The Balaban J connectivity index is 1.60. The summed E-state index contributed by atoms with van der Waals surface area (Å²) in [6.07, 6.45) is 9.18. The van der Waals surface area contributed by atoms with Crippen LogP contribution in [0.25, 0.3) is 0 Å². The minimum atomic E-state index is 0.137. The van der Waals surface area contributed by atoms with Crippen molar-refractivity contribution in [2.24, 2.45) is 11.8 Å². The first-order valence-electron chi connectivity index (χ1n) is 9.72. The van der Waals surface area contributed by atoms with Crippen molar-refractivity contribution in [3.8, 4) is 0 Å². The molecule has 3 rings (SSSR count). The number of aromatic nitrogens is 2. The highest BCUT2D eigenvalue weighted by Gasteiger charge is 2.27. The second-order valence-corrected chi connectivity index (χ2v) is 7.68. The Labute approximate surface area is 151 Å². The summed E-state index contributed by atoms with van der Waals surface area (Å²) < 4.78 is 0. The van der Waals surface area contributed by atoms with Gasteiger partial charge < -0.3 is 15.1 Å². The molecule has 0 aromatic carbocycles. The molecule has 1 aromatic rings. The van der Waals surface area contributed by atoms with Crippen molar-refractivity contribution in [2.45, 2.75) is 46.0 Å². The Morgan fingerprint density at radius 3 is 2.56 bits per heavy atom. The van der Waals surface area contributed by atoms with Gasteiger partial charge in [-0.3, -0.25) is 4.79 Å². The van der Waals surface area contributed by atoms with Crippen LogP contribution in [0.5, 0.6) is 0 Å². The summed E-state index contributed by atoms with van der Waals surface area (Å²) in [6, 6.07) is 0. The van der Waals surface area contributed by atoms with Gasteiger partial charge in [0.1, 0.15) is 6.33 Å². The maximum absolute atomic E-state index is 12.3. The van der Waals surface area contributed by atoms with Gasteiger partial charge in [0.2, 0.25) is 5.91 Å². The molecule has 25 heavy (non-hydrogen) atoms. The SMILES string of the molecule is CC(C)CNC(=O)C1CCN(c2cncnc2N2CCCCC2)CC1.